The Bertz CT molecular complexity index is 984. The molecule has 1 aromatic rings. The predicted molar refractivity (Wildman–Crippen MR) is 127 cm³/mol. The van der Waals surface area contributed by atoms with Gasteiger partial charge in [0.1, 0.15) is 12.0 Å². The number of carbonyl (C=O) groups excluding carboxylic acids is 1. The van der Waals surface area contributed by atoms with Crippen molar-refractivity contribution in [2.24, 2.45) is 46.8 Å². The third-order valence-corrected chi connectivity index (χ3v) is 10.5. The summed E-state index contributed by atoms with van der Waals surface area (Å²) in [6.45, 7) is 7.28. The molecule has 4 fully saturated rings. The Morgan fingerprint density at radius 2 is 2.00 bits per heavy atom. The van der Waals surface area contributed by atoms with E-state index in [0.717, 1.165) is 42.6 Å². The van der Waals surface area contributed by atoms with E-state index in [9.17, 15) is 9.90 Å². The summed E-state index contributed by atoms with van der Waals surface area (Å²) in [6.07, 6.45) is 13.7. The van der Waals surface area contributed by atoms with Crippen LogP contribution in [0.5, 0.6) is 0 Å². The highest BCUT2D eigenvalue weighted by molar-refractivity contribution is 5.54. The molecule has 0 saturated heterocycles. The average molecular weight is 450 g/mol. The van der Waals surface area contributed by atoms with Gasteiger partial charge < -0.3 is 5.11 Å². The number of hydrogen-bond donors (Lipinski definition) is 1. The molecule has 5 rings (SSSR count). The summed E-state index contributed by atoms with van der Waals surface area (Å²) < 4.78 is 1.74. The van der Waals surface area contributed by atoms with E-state index in [1.54, 1.807) is 17.1 Å². The fraction of sp³-hybridized carbons (Fsp3) is 0.786. The lowest BCUT2D eigenvalue weighted by Crippen LogP contribution is -2.51. The zero-order valence-electron chi connectivity index (χ0n) is 20.5. The quantitative estimate of drug-likeness (QED) is 0.643. The first kappa shape index (κ1) is 22.9. The molecule has 5 nitrogen and oxygen atoms in total. The van der Waals surface area contributed by atoms with E-state index in [1.165, 1.54) is 38.5 Å². The molecule has 1 heterocycles. The van der Waals surface area contributed by atoms with Crippen LogP contribution in [0.3, 0.4) is 0 Å². The lowest BCUT2D eigenvalue weighted by Gasteiger charge is -2.57. The highest BCUT2D eigenvalue weighted by Crippen LogP contribution is 2.67. The average Bonchev–Trinajstić information content (AvgIpc) is 3.37. The fourth-order valence-corrected chi connectivity index (χ4v) is 9.23. The van der Waals surface area contributed by atoms with Gasteiger partial charge in [0.2, 0.25) is 0 Å². The van der Waals surface area contributed by atoms with Crippen LogP contribution in [0.15, 0.2) is 18.0 Å². The molecule has 1 aromatic heterocycles. The Morgan fingerprint density at radius 3 is 2.70 bits per heavy atom. The molecule has 0 radical (unpaired) electrons. The lowest BCUT2D eigenvalue weighted by atomic mass is 9.48. The van der Waals surface area contributed by atoms with Crippen LogP contribution in [0.1, 0.15) is 84.1 Å². The van der Waals surface area contributed by atoms with Gasteiger partial charge in [-0.05, 0) is 105 Å². The van der Waals surface area contributed by atoms with E-state index in [1.807, 2.05) is 6.92 Å². The van der Waals surface area contributed by atoms with Crippen LogP contribution in [0.4, 0.5) is 0 Å². The summed E-state index contributed by atoms with van der Waals surface area (Å²) in [5, 5.41) is 24.1. The topological polar surface area (TPSA) is 78.9 Å². The number of allylic oxidation sites excluding steroid dienone is 1. The third-order valence-electron chi connectivity index (χ3n) is 10.5. The van der Waals surface area contributed by atoms with Gasteiger partial charge in [0.15, 0.2) is 0 Å². The van der Waals surface area contributed by atoms with Gasteiger partial charge in [-0.3, -0.25) is 4.68 Å². The predicted octanol–water partition coefficient (Wildman–Crippen LogP) is 5.17. The first-order chi connectivity index (χ1) is 15.8. The maximum absolute atomic E-state index is 12.2. The van der Waals surface area contributed by atoms with E-state index in [0.29, 0.717) is 29.9 Å². The molecule has 178 valence electrons. The van der Waals surface area contributed by atoms with E-state index in [4.69, 9.17) is 5.26 Å². The Hall–Kier alpha value is -1.89. The summed E-state index contributed by atoms with van der Waals surface area (Å²) in [5.74, 6) is 6.94. The summed E-state index contributed by atoms with van der Waals surface area (Å²) in [5.41, 5.74) is 1.05. The maximum Gasteiger partial charge on any atom is 0.125 e. The van der Waals surface area contributed by atoms with Crippen molar-refractivity contribution in [3.63, 3.8) is 0 Å². The number of aromatic nitrogens is 2. The SMILES string of the molecule is CC[C@@H]1C[C@H](C(=C=O)Cn2cc(C#N)cn2)[C@@]2(C)CC[C@H]3[C@@H](CC[C@@H]4C[C@](C)(O)CC[C@@H]43)[C@H]12. The summed E-state index contributed by atoms with van der Waals surface area (Å²) in [4.78, 5) is 12.2. The van der Waals surface area contributed by atoms with Gasteiger partial charge in [-0.2, -0.15) is 10.4 Å². The third kappa shape index (κ3) is 3.80. The van der Waals surface area contributed by atoms with Gasteiger partial charge in [0.25, 0.3) is 0 Å². The molecule has 0 spiro atoms. The van der Waals surface area contributed by atoms with Crippen molar-refractivity contribution in [1.82, 2.24) is 9.78 Å². The molecule has 0 bridgehead atoms. The van der Waals surface area contributed by atoms with Crippen LogP contribution < -0.4 is 0 Å². The van der Waals surface area contributed by atoms with Crippen LogP contribution in [0.25, 0.3) is 0 Å². The van der Waals surface area contributed by atoms with Crippen molar-refractivity contribution < 1.29 is 9.90 Å². The molecular formula is C28H39N3O2. The van der Waals surface area contributed by atoms with Crippen LogP contribution in [-0.2, 0) is 11.3 Å². The second kappa shape index (κ2) is 8.40. The number of nitrogens with zero attached hydrogens (tertiary/aromatic N) is 3. The summed E-state index contributed by atoms with van der Waals surface area (Å²) in [6, 6.07) is 2.13. The Morgan fingerprint density at radius 1 is 1.21 bits per heavy atom. The van der Waals surface area contributed by atoms with Crippen LogP contribution >= 0.6 is 0 Å². The normalized spacial score (nSPS) is 44.2. The molecule has 4 aliphatic rings. The van der Waals surface area contributed by atoms with Crippen LogP contribution in [-0.4, -0.2) is 26.4 Å². The van der Waals surface area contributed by atoms with E-state index < -0.39 is 5.60 Å². The molecule has 4 aliphatic carbocycles. The molecule has 0 amide bonds. The maximum atomic E-state index is 12.2. The zero-order chi connectivity index (χ0) is 23.4. The number of aliphatic hydroxyl groups is 1. The van der Waals surface area contributed by atoms with E-state index in [-0.39, 0.29) is 11.3 Å². The van der Waals surface area contributed by atoms with Gasteiger partial charge in [-0.1, -0.05) is 20.3 Å². The number of hydrogen-bond acceptors (Lipinski definition) is 4. The standard InChI is InChI=1S/C28H39N3O2/c1-4-19-11-25(21(17-32)16-31-15-18(13-29)14-30-31)28(3)10-8-23-22-7-9-27(2,33)12-20(22)5-6-24(23)26(19)28/h14-15,19-20,22-26,33H,4-12,16H2,1-3H3/t19-,20-,22+,23-,24-,25-,26+,27-,28-/m1/s1. The smallest absolute Gasteiger partial charge is 0.125 e. The minimum atomic E-state index is -0.469. The highest BCUT2D eigenvalue weighted by atomic mass is 16.3. The number of rotatable bonds is 4. The molecule has 33 heavy (non-hydrogen) atoms. The molecule has 0 aliphatic heterocycles. The Kier molecular flexibility index (Phi) is 5.82. The van der Waals surface area contributed by atoms with E-state index >= 15 is 0 Å². The minimum absolute atomic E-state index is 0.146. The van der Waals surface area contributed by atoms with Crippen molar-refractivity contribution >= 4 is 5.94 Å². The van der Waals surface area contributed by atoms with Crippen molar-refractivity contribution in [1.29, 1.82) is 5.26 Å². The van der Waals surface area contributed by atoms with Gasteiger partial charge in [0.05, 0.1) is 23.9 Å². The second-order valence-electron chi connectivity index (χ2n) is 12.3. The molecule has 9 atom stereocenters. The zero-order valence-corrected chi connectivity index (χ0v) is 20.5. The van der Waals surface area contributed by atoms with Crippen molar-refractivity contribution in [2.75, 3.05) is 0 Å². The van der Waals surface area contributed by atoms with Gasteiger partial charge in [-0.15, -0.1) is 0 Å². The van der Waals surface area contributed by atoms with Gasteiger partial charge in [-0.25, -0.2) is 4.79 Å². The largest absolute Gasteiger partial charge is 0.390 e. The van der Waals surface area contributed by atoms with Crippen molar-refractivity contribution in [3.8, 4) is 6.07 Å². The van der Waals surface area contributed by atoms with Gasteiger partial charge >= 0.3 is 0 Å². The molecule has 0 aromatic carbocycles. The molecule has 4 saturated carbocycles. The second-order valence-corrected chi connectivity index (χ2v) is 12.3. The summed E-state index contributed by atoms with van der Waals surface area (Å²) >= 11 is 0. The monoisotopic (exact) mass is 449 g/mol. The highest BCUT2D eigenvalue weighted by Gasteiger charge is 2.60. The first-order valence-corrected chi connectivity index (χ1v) is 13.2. The van der Waals surface area contributed by atoms with E-state index in [2.05, 4.69) is 31.0 Å². The molecule has 1 N–H and O–H groups in total. The summed E-state index contributed by atoms with van der Waals surface area (Å²) in [7, 11) is 0. The molecule has 5 heteroatoms. The van der Waals surface area contributed by atoms with Crippen molar-refractivity contribution in [3.05, 3.63) is 23.5 Å². The Balaban J connectivity index is 1.40. The lowest BCUT2D eigenvalue weighted by molar-refractivity contribution is -0.104. The fourth-order valence-electron chi connectivity index (χ4n) is 9.23. The molecule has 0 unspecified atom stereocenters. The minimum Gasteiger partial charge on any atom is -0.390 e. The van der Waals surface area contributed by atoms with Crippen LogP contribution in [0.2, 0.25) is 0 Å². The molecular weight excluding hydrogens is 410 g/mol. The number of fused-ring (bicyclic) bond motifs is 5. The van der Waals surface area contributed by atoms with Crippen molar-refractivity contribution in [2.45, 2.75) is 90.7 Å². The van der Waals surface area contributed by atoms with Crippen LogP contribution in [0, 0.1) is 58.2 Å². The number of nitriles is 1. The Labute approximate surface area is 198 Å². The van der Waals surface area contributed by atoms with Gasteiger partial charge in [0, 0.05) is 11.8 Å². The first-order valence-electron chi connectivity index (χ1n) is 13.2.